The summed E-state index contributed by atoms with van der Waals surface area (Å²) in [7, 11) is 0. The summed E-state index contributed by atoms with van der Waals surface area (Å²) in [5, 5.41) is 1.25. The number of nitrogens with one attached hydrogen (secondary N) is 1. The highest BCUT2D eigenvalue weighted by molar-refractivity contribution is 6.11. The Bertz CT molecular complexity index is 881. The van der Waals surface area contributed by atoms with Crippen LogP contribution in [0.25, 0.3) is 21.8 Å². The van der Waals surface area contributed by atoms with Crippen molar-refractivity contribution < 1.29 is 4.79 Å². The van der Waals surface area contributed by atoms with Gasteiger partial charge in [-0.15, -0.1) is 0 Å². The van der Waals surface area contributed by atoms with E-state index in [9.17, 15) is 9.59 Å². The number of fused-ring (bicyclic) bond motifs is 3. The molecular weight excluding hydrogens is 242 g/mol. The van der Waals surface area contributed by atoms with E-state index in [2.05, 4.69) is 4.98 Å². The predicted octanol–water partition coefficient (Wildman–Crippen LogP) is 1.36. The van der Waals surface area contributed by atoms with Crippen molar-refractivity contribution in [1.29, 1.82) is 0 Å². The second-order valence-corrected chi connectivity index (χ2v) is 4.34. The molecule has 5 heteroatoms. The van der Waals surface area contributed by atoms with Crippen LogP contribution in [-0.4, -0.2) is 10.9 Å². The molecule has 5 nitrogen and oxygen atoms in total. The summed E-state index contributed by atoms with van der Waals surface area (Å²) in [6.45, 7) is 0. The lowest BCUT2D eigenvalue weighted by Gasteiger charge is -1.93. The summed E-state index contributed by atoms with van der Waals surface area (Å²) in [6, 6.07) is 9.69. The molecule has 0 radical (unpaired) electrons. The highest BCUT2D eigenvalue weighted by Crippen LogP contribution is 2.25. The second kappa shape index (κ2) is 3.84. The number of nitrogen functional groups attached to an aromatic ring is 1. The van der Waals surface area contributed by atoms with E-state index in [0.717, 1.165) is 5.39 Å². The average molecular weight is 253 g/mol. The number of amides is 1. The van der Waals surface area contributed by atoms with Gasteiger partial charge in [0.1, 0.15) is 0 Å². The standard InChI is InChI=1S/C14H11N3O2/c15-9-4-5-11(18)12-8-3-1-2-7(14(16)19)6-10(8)17-13(9)12/h1-6,17H,15H2,(H2,16,19). The molecule has 3 rings (SSSR count). The second-order valence-electron chi connectivity index (χ2n) is 4.34. The van der Waals surface area contributed by atoms with Gasteiger partial charge in [-0.25, -0.2) is 0 Å². The zero-order valence-electron chi connectivity index (χ0n) is 9.94. The number of H-pyrrole nitrogens is 1. The molecule has 0 bridgehead atoms. The van der Waals surface area contributed by atoms with E-state index < -0.39 is 5.91 Å². The molecule has 0 unspecified atom stereocenters. The first kappa shape index (κ1) is 11.3. The Morgan fingerprint density at radius 3 is 2.68 bits per heavy atom. The molecule has 1 amide bonds. The Morgan fingerprint density at radius 2 is 1.95 bits per heavy atom. The lowest BCUT2D eigenvalue weighted by molar-refractivity contribution is 0.100. The number of rotatable bonds is 1. The van der Waals surface area contributed by atoms with E-state index in [0.29, 0.717) is 27.7 Å². The molecule has 3 aromatic rings. The van der Waals surface area contributed by atoms with Crippen LogP contribution in [0.4, 0.5) is 5.69 Å². The van der Waals surface area contributed by atoms with Gasteiger partial charge in [0.25, 0.3) is 0 Å². The fourth-order valence-corrected chi connectivity index (χ4v) is 2.23. The minimum absolute atomic E-state index is 0.109. The molecule has 94 valence electrons. The van der Waals surface area contributed by atoms with Gasteiger partial charge in [0.2, 0.25) is 5.91 Å². The highest BCUT2D eigenvalue weighted by Gasteiger charge is 2.10. The van der Waals surface area contributed by atoms with Gasteiger partial charge in [-0.3, -0.25) is 9.59 Å². The van der Waals surface area contributed by atoms with Crippen molar-refractivity contribution in [1.82, 2.24) is 4.98 Å². The van der Waals surface area contributed by atoms with E-state index in [1.807, 2.05) is 0 Å². The minimum atomic E-state index is -0.522. The number of hydrogen-bond donors (Lipinski definition) is 3. The Labute approximate surface area is 107 Å². The van der Waals surface area contributed by atoms with Crippen LogP contribution in [0.3, 0.4) is 0 Å². The maximum Gasteiger partial charge on any atom is 0.248 e. The van der Waals surface area contributed by atoms with Crippen molar-refractivity contribution in [3.8, 4) is 0 Å². The minimum Gasteiger partial charge on any atom is -0.397 e. The lowest BCUT2D eigenvalue weighted by Crippen LogP contribution is -2.09. The van der Waals surface area contributed by atoms with Gasteiger partial charge in [0, 0.05) is 16.5 Å². The SMILES string of the molecule is NC(=O)c1cccc2c(c1)[nH]c1c(N)ccc(=O)c12. The van der Waals surface area contributed by atoms with Gasteiger partial charge < -0.3 is 16.5 Å². The average Bonchev–Trinajstić information content (AvgIpc) is 2.60. The Balaban J connectivity index is 2.56. The molecule has 5 N–H and O–H groups in total. The van der Waals surface area contributed by atoms with E-state index in [1.165, 1.54) is 6.07 Å². The molecule has 2 aromatic carbocycles. The Hall–Kier alpha value is -2.82. The number of aromatic amines is 1. The van der Waals surface area contributed by atoms with Crippen LogP contribution in [0.2, 0.25) is 0 Å². The van der Waals surface area contributed by atoms with Crippen LogP contribution in [0.15, 0.2) is 41.2 Å². The maximum absolute atomic E-state index is 12.0. The van der Waals surface area contributed by atoms with Crippen molar-refractivity contribution >= 4 is 33.4 Å². The number of carbonyl (C=O) groups is 1. The zero-order valence-corrected chi connectivity index (χ0v) is 9.94. The quantitative estimate of drug-likeness (QED) is 0.570. The van der Waals surface area contributed by atoms with Crippen LogP contribution in [-0.2, 0) is 0 Å². The lowest BCUT2D eigenvalue weighted by atomic mass is 10.1. The number of nitrogens with two attached hydrogens (primary N) is 2. The van der Waals surface area contributed by atoms with Crippen molar-refractivity contribution in [2.75, 3.05) is 5.73 Å². The van der Waals surface area contributed by atoms with Gasteiger partial charge in [-0.2, -0.15) is 0 Å². The topological polar surface area (TPSA) is 102 Å². The normalized spacial score (nSPS) is 10.9. The van der Waals surface area contributed by atoms with Crippen LogP contribution in [0.1, 0.15) is 10.4 Å². The van der Waals surface area contributed by atoms with Crippen LogP contribution >= 0.6 is 0 Å². The first-order valence-corrected chi connectivity index (χ1v) is 5.72. The van der Waals surface area contributed by atoms with E-state index in [1.54, 1.807) is 30.3 Å². The Kier molecular flexibility index (Phi) is 2.28. The fourth-order valence-electron chi connectivity index (χ4n) is 2.23. The molecule has 0 fully saturated rings. The maximum atomic E-state index is 12.0. The van der Waals surface area contributed by atoms with Gasteiger partial charge in [-0.1, -0.05) is 12.1 Å². The largest absolute Gasteiger partial charge is 0.397 e. The Morgan fingerprint density at radius 1 is 1.16 bits per heavy atom. The van der Waals surface area contributed by atoms with Crippen molar-refractivity contribution in [2.45, 2.75) is 0 Å². The third-order valence-electron chi connectivity index (χ3n) is 3.14. The summed E-state index contributed by atoms with van der Waals surface area (Å²) >= 11 is 0. The number of primary amides is 1. The first-order valence-electron chi connectivity index (χ1n) is 5.72. The van der Waals surface area contributed by atoms with Crippen molar-refractivity contribution in [3.05, 3.63) is 52.2 Å². The molecule has 19 heavy (non-hydrogen) atoms. The van der Waals surface area contributed by atoms with E-state index in [4.69, 9.17) is 11.5 Å². The molecule has 1 heterocycles. The summed E-state index contributed by atoms with van der Waals surface area (Å²) < 4.78 is 0. The molecule has 0 saturated carbocycles. The number of anilines is 1. The summed E-state index contributed by atoms with van der Waals surface area (Å²) in [5.74, 6) is -0.522. The van der Waals surface area contributed by atoms with Gasteiger partial charge in [0.15, 0.2) is 5.43 Å². The van der Waals surface area contributed by atoms with Gasteiger partial charge >= 0.3 is 0 Å². The molecule has 0 aliphatic heterocycles. The fraction of sp³-hybridized carbons (Fsp3) is 0. The molecule has 0 spiro atoms. The van der Waals surface area contributed by atoms with Crippen LogP contribution < -0.4 is 16.9 Å². The van der Waals surface area contributed by atoms with E-state index >= 15 is 0 Å². The summed E-state index contributed by atoms with van der Waals surface area (Å²) in [4.78, 5) is 26.3. The molecular formula is C14H11N3O2. The smallest absolute Gasteiger partial charge is 0.248 e. The summed E-state index contributed by atoms with van der Waals surface area (Å²) in [6.07, 6.45) is 0. The van der Waals surface area contributed by atoms with Gasteiger partial charge in [0.05, 0.1) is 16.6 Å². The van der Waals surface area contributed by atoms with E-state index in [-0.39, 0.29) is 5.43 Å². The predicted molar refractivity (Wildman–Crippen MR) is 75.0 cm³/mol. The summed E-state index contributed by atoms with van der Waals surface area (Å²) in [5.41, 5.74) is 13.1. The third kappa shape index (κ3) is 1.63. The molecule has 0 aliphatic carbocycles. The van der Waals surface area contributed by atoms with Crippen molar-refractivity contribution in [3.63, 3.8) is 0 Å². The number of benzene rings is 1. The molecule has 0 aliphatic rings. The number of carbonyl (C=O) groups excluding carboxylic acids is 1. The monoisotopic (exact) mass is 253 g/mol. The highest BCUT2D eigenvalue weighted by atomic mass is 16.1. The number of aromatic nitrogens is 1. The van der Waals surface area contributed by atoms with Crippen molar-refractivity contribution in [2.24, 2.45) is 5.73 Å². The van der Waals surface area contributed by atoms with Crippen LogP contribution in [0.5, 0.6) is 0 Å². The molecule has 0 saturated heterocycles. The first-order chi connectivity index (χ1) is 9.08. The van der Waals surface area contributed by atoms with Gasteiger partial charge in [-0.05, 0) is 24.3 Å². The third-order valence-corrected chi connectivity index (χ3v) is 3.14. The zero-order chi connectivity index (χ0) is 13.6. The van der Waals surface area contributed by atoms with Crippen LogP contribution in [0, 0.1) is 0 Å². The molecule has 1 aromatic heterocycles. The number of hydrogen-bond acceptors (Lipinski definition) is 3. The molecule has 0 atom stereocenters.